The molecule has 7 heteroatoms. The summed E-state index contributed by atoms with van der Waals surface area (Å²) in [7, 11) is 0. The van der Waals surface area contributed by atoms with Gasteiger partial charge in [0, 0.05) is 25.2 Å². The summed E-state index contributed by atoms with van der Waals surface area (Å²) in [4.78, 5) is 27.3. The van der Waals surface area contributed by atoms with Crippen LogP contribution in [-0.4, -0.2) is 34.8 Å². The number of nitrogens with one attached hydrogen (secondary N) is 1. The molecule has 1 N–H and O–H groups in total. The van der Waals surface area contributed by atoms with Gasteiger partial charge in [0.2, 0.25) is 5.91 Å². The van der Waals surface area contributed by atoms with Crippen LogP contribution >= 0.6 is 0 Å². The molecule has 2 aromatic carbocycles. The fourth-order valence-electron chi connectivity index (χ4n) is 4.22. The molecule has 0 radical (unpaired) electrons. The predicted molar refractivity (Wildman–Crippen MR) is 127 cm³/mol. The predicted octanol–water partition coefficient (Wildman–Crippen LogP) is 3.73. The first-order valence-electron chi connectivity index (χ1n) is 11.4. The number of aromatic nitrogens is 2. The third-order valence-electron chi connectivity index (χ3n) is 6.05. The van der Waals surface area contributed by atoms with Crippen LogP contribution in [-0.2, 0) is 11.2 Å². The molecule has 1 saturated heterocycles. The van der Waals surface area contributed by atoms with Crippen LogP contribution in [0, 0.1) is 11.7 Å². The van der Waals surface area contributed by atoms with Gasteiger partial charge in [0.25, 0.3) is 5.56 Å². The topological polar surface area (TPSA) is 67.2 Å². The molecule has 3 aromatic rings. The van der Waals surface area contributed by atoms with Gasteiger partial charge in [-0.1, -0.05) is 36.4 Å². The number of anilines is 1. The molecule has 0 saturated carbocycles. The first-order chi connectivity index (χ1) is 16.0. The molecule has 2 heterocycles. The van der Waals surface area contributed by atoms with Crippen LogP contribution in [0.4, 0.5) is 10.2 Å². The van der Waals surface area contributed by atoms with E-state index in [1.165, 1.54) is 28.4 Å². The maximum absolute atomic E-state index is 13.6. The molecule has 6 nitrogen and oxygen atoms in total. The highest BCUT2D eigenvalue weighted by Gasteiger charge is 2.27. The van der Waals surface area contributed by atoms with Crippen molar-refractivity contribution < 1.29 is 9.18 Å². The lowest BCUT2D eigenvalue weighted by atomic mass is 9.96. The number of aryl methyl sites for hydroxylation is 1. The monoisotopic (exact) mass is 448 g/mol. The molecule has 2 atom stereocenters. The molecule has 33 heavy (non-hydrogen) atoms. The largest absolute Gasteiger partial charge is 0.354 e. The van der Waals surface area contributed by atoms with Gasteiger partial charge >= 0.3 is 0 Å². The van der Waals surface area contributed by atoms with Crippen LogP contribution in [0.5, 0.6) is 0 Å². The smallest absolute Gasteiger partial charge is 0.271 e. The zero-order valence-corrected chi connectivity index (χ0v) is 18.8. The lowest BCUT2D eigenvalue weighted by molar-refractivity contribution is -0.125. The molecule has 4 rings (SSSR count). The molecular formula is C26H29FN4O2. The number of hydrogen-bond donors (Lipinski definition) is 1. The Labute approximate surface area is 193 Å². The molecular weight excluding hydrogens is 419 g/mol. The van der Waals surface area contributed by atoms with Gasteiger partial charge in [-0.2, -0.15) is 4.68 Å². The van der Waals surface area contributed by atoms with E-state index in [9.17, 15) is 14.0 Å². The van der Waals surface area contributed by atoms with Gasteiger partial charge < -0.3 is 10.2 Å². The van der Waals surface area contributed by atoms with Crippen LogP contribution in [0.1, 0.15) is 31.7 Å². The summed E-state index contributed by atoms with van der Waals surface area (Å²) in [6.45, 7) is 3.32. The quantitative estimate of drug-likeness (QED) is 0.598. The van der Waals surface area contributed by atoms with E-state index in [0.717, 1.165) is 32.2 Å². The van der Waals surface area contributed by atoms with Crippen molar-refractivity contribution in [1.82, 2.24) is 15.1 Å². The van der Waals surface area contributed by atoms with Crippen molar-refractivity contribution in [2.75, 3.05) is 18.0 Å². The first-order valence-corrected chi connectivity index (χ1v) is 11.4. The van der Waals surface area contributed by atoms with Crippen molar-refractivity contribution in [1.29, 1.82) is 0 Å². The van der Waals surface area contributed by atoms with Crippen molar-refractivity contribution in [3.05, 3.63) is 88.5 Å². The highest BCUT2D eigenvalue weighted by atomic mass is 19.1. The summed E-state index contributed by atoms with van der Waals surface area (Å²) < 4.78 is 14.8. The Morgan fingerprint density at radius 1 is 1.15 bits per heavy atom. The van der Waals surface area contributed by atoms with Crippen molar-refractivity contribution in [3.8, 4) is 5.69 Å². The van der Waals surface area contributed by atoms with E-state index < -0.39 is 5.82 Å². The third kappa shape index (κ3) is 5.86. The number of amides is 1. The van der Waals surface area contributed by atoms with Gasteiger partial charge in [-0.25, -0.2) is 4.39 Å². The minimum absolute atomic E-state index is 0.0544. The van der Waals surface area contributed by atoms with Gasteiger partial charge in [-0.05, 0) is 62.4 Å². The highest BCUT2D eigenvalue weighted by molar-refractivity contribution is 5.79. The maximum atomic E-state index is 13.6. The molecule has 0 aliphatic carbocycles. The van der Waals surface area contributed by atoms with E-state index in [2.05, 4.69) is 22.5 Å². The minimum Gasteiger partial charge on any atom is -0.354 e. The number of halogens is 1. The maximum Gasteiger partial charge on any atom is 0.271 e. The zero-order valence-electron chi connectivity index (χ0n) is 18.8. The highest BCUT2D eigenvalue weighted by Crippen LogP contribution is 2.22. The number of carbonyl (C=O) groups is 1. The van der Waals surface area contributed by atoms with E-state index in [1.807, 2.05) is 30.0 Å². The number of carbonyl (C=O) groups excluding carboxylic acids is 1. The van der Waals surface area contributed by atoms with Gasteiger partial charge in [-0.3, -0.25) is 9.59 Å². The van der Waals surface area contributed by atoms with E-state index in [0.29, 0.717) is 18.1 Å². The molecule has 0 unspecified atom stereocenters. The van der Waals surface area contributed by atoms with E-state index in [4.69, 9.17) is 0 Å². The zero-order chi connectivity index (χ0) is 23.2. The van der Waals surface area contributed by atoms with Crippen LogP contribution < -0.4 is 15.8 Å². The average molecular weight is 449 g/mol. The fraction of sp³-hybridized carbons (Fsp3) is 0.346. The second-order valence-corrected chi connectivity index (χ2v) is 8.64. The Morgan fingerprint density at radius 3 is 2.76 bits per heavy atom. The summed E-state index contributed by atoms with van der Waals surface area (Å²) in [5, 5.41) is 7.62. The van der Waals surface area contributed by atoms with E-state index in [-0.39, 0.29) is 23.4 Å². The summed E-state index contributed by atoms with van der Waals surface area (Å²) in [6.07, 6.45) is 3.48. The fourth-order valence-corrected chi connectivity index (χ4v) is 4.22. The van der Waals surface area contributed by atoms with Gasteiger partial charge in [0.05, 0.1) is 11.6 Å². The Hall–Kier alpha value is -3.48. The molecule has 172 valence electrons. The molecule has 1 amide bonds. The molecule has 1 aliphatic rings. The minimum atomic E-state index is -0.428. The number of piperidine rings is 1. The Bertz CT molecular complexity index is 1150. The lowest BCUT2D eigenvalue weighted by Gasteiger charge is -2.33. The SMILES string of the molecule is C[C@@H](CCc1ccccc1)NC(=O)[C@@H]1CCCN(c2ccc(=O)n(-c3cccc(F)c3)n2)C1. The van der Waals surface area contributed by atoms with Crippen LogP contribution in [0.25, 0.3) is 5.69 Å². The molecule has 0 bridgehead atoms. The van der Waals surface area contributed by atoms with E-state index in [1.54, 1.807) is 18.2 Å². The van der Waals surface area contributed by atoms with Crippen molar-refractivity contribution >= 4 is 11.7 Å². The number of benzene rings is 2. The van der Waals surface area contributed by atoms with Gasteiger partial charge in [-0.15, -0.1) is 5.10 Å². The molecule has 1 fully saturated rings. The van der Waals surface area contributed by atoms with E-state index >= 15 is 0 Å². The standard InChI is InChI=1S/C26H29FN4O2/c1-19(12-13-20-7-3-2-4-8-20)28-26(33)21-9-6-16-30(18-21)24-14-15-25(32)31(29-24)23-11-5-10-22(27)17-23/h2-5,7-8,10-11,14-15,17,19,21H,6,9,12-13,16,18H2,1H3,(H,28,33)/t19-,21+/m0/s1. The number of nitrogens with zero attached hydrogens (tertiary/aromatic N) is 3. The molecule has 1 aromatic heterocycles. The van der Waals surface area contributed by atoms with Crippen molar-refractivity contribution in [2.45, 2.75) is 38.6 Å². The third-order valence-corrected chi connectivity index (χ3v) is 6.05. The average Bonchev–Trinajstić information content (AvgIpc) is 2.84. The van der Waals surface area contributed by atoms with Crippen LogP contribution in [0.15, 0.2) is 71.5 Å². The summed E-state index contributed by atoms with van der Waals surface area (Å²) in [6, 6.07) is 19.2. The molecule has 1 aliphatic heterocycles. The van der Waals surface area contributed by atoms with Crippen molar-refractivity contribution in [2.24, 2.45) is 5.92 Å². The second-order valence-electron chi connectivity index (χ2n) is 8.64. The van der Waals surface area contributed by atoms with Gasteiger partial charge in [0.1, 0.15) is 11.6 Å². The number of hydrogen-bond acceptors (Lipinski definition) is 4. The summed E-state index contributed by atoms with van der Waals surface area (Å²) >= 11 is 0. The number of rotatable bonds is 7. The Morgan fingerprint density at radius 2 is 1.97 bits per heavy atom. The Balaban J connectivity index is 1.39. The van der Waals surface area contributed by atoms with Crippen LogP contribution in [0.3, 0.4) is 0 Å². The molecule has 0 spiro atoms. The lowest BCUT2D eigenvalue weighted by Crippen LogP contribution is -2.46. The van der Waals surface area contributed by atoms with Crippen molar-refractivity contribution in [3.63, 3.8) is 0 Å². The second kappa shape index (κ2) is 10.4. The summed E-state index contributed by atoms with van der Waals surface area (Å²) in [5.74, 6) is 0.0872. The van der Waals surface area contributed by atoms with Gasteiger partial charge in [0.15, 0.2) is 0 Å². The van der Waals surface area contributed by atoms with Crippen LogP contribution in [0.2, 0.25) is 0 Å². The Kier molecular flexibility index (Phi) is 7.17. The first kappa shape index (κ1) is 22.7. The normalized spacial score (nSPS) is 16.9. The summed E-state index contributed by atoms with van der Waals surface area (Å²) in [5.41, 5.74) is 1.31.